The maximum Gasteiger partial charge on any atom is 0.252 e. The van der Waals surface area contributed by atoms with E-state index in [0.29, 0.717) is 5.82 Å². The van der Waals surface area contributed by atoms with Crippen molar-refractivity contribution in [1.29, 1.82) is 0 Å². The molecule has 0 saturated heterocycles. The lowest BCUT2D eigenvalue weighted by atomic mass is 9.34. The monoisotopic (exact) mass is 1250 g/mol. The minimum atomic E-state index is -0.178. The quantitative estimate of drug-likeness (QED) is 0.121. The summed E-state index contributed by atoms with van der Waals surface area (Å²) in [6.07, 6.45) is 0. The Kier molecular flexibility index (Phi) is 13.0. The molecule has 0 saturated carbocycles. The SMILES string of the molecule is c1ccc(-c2cc(-c3ccccc3)cc(-c3cc(-c4cc5c6c(c4)-n4c7ccc(-c8ccccc8)cc7c7cc(-c8ccccc8)cc(c74)B6c4cc(-c6ccccc6)cc6c7cc(-c8ccccc8)ccc7n-5c46)nc(-c4cc(-c5ccccc5)cc(-c5ccccc5)c4)n3)c2)cc1. The van der Waals surface area contributed by atoms with Crippen molar-refractivity contribution in [2.45, 2.75) is 0 Å². The highest BCUT2D eigenvalue weighted by Crippen LogP contribution is 2.46. The van der Waals surface area contributed by atoms with Gasteiger partial charge in [0.15, 0.2) is 5.82 Å². The molecule has 0 atom stereocenters. The minimum Gasteiger partial charge on any atom is -0.310 e. The Hall–Kier alpha value is -13.0. The Morgan fingerprint density at radius 2 is 0.475 bits per heavy atom. The molecule has 15 aromatic carbocycles. The van der Waals surface area contributed by atoms with E-state index >= 15 is 0 Å². The topological polar surface area (TPSA) is 35.6 Å². The van der Waals surface area contributed by atoms with Crippen LogP contribution in [0, 0.1) is 0 Å². The Labute approximate surface area is 574 Å². The summed E-state index contributed by atoms with van der Waals surface area (Å²) in [5.74, 6) is 0.634. The van der Waals surface area contributed by atoms with E-state index in [2.05, 4.69) is 367 Å². The van der Waals surface area contributed by atoms with Crippen LogP contribution in [0.4, 0.5) is 0 Å². The van der Waals surface area contributed by atoms with Gasteiger partial charge in [0.05, 0.1) is 22.4 Å². The lowest BCUT2D eigenvalue weighted by Gasteiger charge is -2.34. The molecule has 458 valence electrons. The zero-order chi connectivity index (χ0) is 65.1. The molecule has 99 heavy (non-hydrogen) atoms. The van der Waals surface area contributed by atoms with Gasteiger partial charge in [-0.15, -0.1) is 0 Å². The molecule has 0 unspecified atom stereocenters. The predicted molar refractivity (Wildman–Crippen MR) is 415 cm³/mol. The van der Waals surface area contributed by atoms with E-state index in [1.165, 1.54) is 93.5 Å². The van der Waals surface area contributed by atoms with Crippen LogP contribution in [0.3, 0.4) is 0 Å². The third kappa shape index (κ3) is 9.46. The van der Waals surface area contributed by atoms with E-state index < -0.39 is 0 Å². The molecular formula is C94H59BN4. The van der Waals surface area contributed by atoms with Gasteiger partial charge in [-0.3, -0.25) is 0 Å². The van der Waals surface area contributed by atoms with Gasteiger partial charge in [-0.1, -0.05) is 267 Å². The van der Waals surface area contributed by atoms with E-state index in [0.717, 1.165) is 95.0 Å². The second kappa shape index (κ2) is 22.9. The van der Waals surface area contributed by atoms with Crippen LogP contribution in [0.2, 0.25) is 0 Å². The molecule has 0 fully saturated rings. The normalized spacial score (nSPS) is 12.0. The Morgan fingerprint density at radius 3 is 0.808 bits per heavy atom. The summed E-state index contributed by atoms with van der Waals surface area (Å²) in [5.41, 5.74) is 33.7. The van der Waals surface area contributed by atoms with Crippen LogP contribution in [-0.2, 0) is 0 Å². The first-order chi connectivity index (χ1) is 49.0. The third-order valence-electron chi connectivity index (χ3n) is 20.6. The van der Waals surface area contributed by atoms with Crippen molar-refractivity contribution < 1.29 is 0 Å². The smallest absolute Gasteiger partial charge is 0.252 e. The Balaban J connectivity index is 0.924. The number of aromatic nitrogens is 4. The average molecular weight is 1260 g/mol. The first-order valence-corrected chi connectivity index (χ1v) is 34.1. The van der Waals surface area contributed by atoms with Crippen molar-refractivity contribution in [1.82, 2.24) is 19.1 Å². The predicted octanol–water partition coefficient (Wildman–Crippen LogP) is 22.2. The van der Waals surface area contributed by atoms with Crippen LogP contribution in [0.25, 0.3) is 178 Å². The summed E-state index contributed by atoms with van der Waals surface area (Å²) in [6.45, 7) is -0.178. The molecule has 3 aromatic heterocycles. The number of nitrogens with zero attached hydrogens (tertiary/aromatic N) is 4. The molecule has 0 N–H and O–H groups in total. The maximum absolute atomic E-state index is 5.93. The average Bonchev–Trinajstić information content (AvgIpc) is 1.55. The van der Waals surface area contributed by atoms with Crippen molar-refractivity contribution >= 4 is 66.7 Å². The summed E-state index contributed by atoms with van der Waals surface area (Å²) in [7, 11) is 0. The molecule has 2 aliphatic heterocycles. The minimum absolute atomic E-state index is 0.178. The fourth-order valence-corrected chi connectivity index (χ4v) is 16.0. The summed E-state index contributed by atoms with van der Waals surface area (Å²) < 4.78 is 5.22. The molecule has 2 aliphatic rings. The number of fused-ring (bicyclic) bond motifs is 10. The molecule has 0 amide bonds. The molecule has 20 rings (SSSR count). The largest absolute Gasteiger partial charge is 0.310 e. The highest BCUT2D eigenvalue weighted by Gasteiger charge is 2.42. The molecule has 0 spiro atoms. The summed E-state index contributed by atoms with van der Waals surface area (Å²) in [4.78, 5) is 11.7. The highest BCUT2D eigenvalue weighted by molar-refractivity contribution is 7.00. The van der Waals surface area contributed by atoms with E-state index in [9.17, 15) is 0 Å². The van der Waals surface area contributed by atoms with Gasteiger partial charge in [-0.2, -0.15) is 0 Å². The lowest BCUT2D eigenvalue weighted by molar-refractivity contribution is 1.14. The summed E-state index contributed by atoms with van der Waals surface area (Å²) in [6, 6.07) is 132. The molecule has 4 nitrogen and oxygen atoms in total. The van der Waals surface area contributed by atoms with Gasteiger partial charge < -0.3 is 9.13 Å². The Bertz CT molecular complexity index is 5740. The molecule has 18 aromatic rings. The first-order valence-electron chi connectivity index (χ1n) is 34.1. The van der Waals surface area contributed by atoms with Crippen molar-refractivity contribution in [2.24, 2.45) is 0 Å². The van der Waals surface area contributed by atoms with Gasteiger partial charge in [-0.25, -0.2) is 9.97 Å². The van der Waals surface area contributed by atoms with Gasteiger partial charge in [0, 0.05) is 60.6 Å². The second-order valence-corrected chi connectivity index (χ2v) is 26.4. The van der Waals surface area contributed by atoms with Crippen molar-refractivity contribution in [3.05, 3.63) is 358 Å². The van der Waals surface area contributed by atoms with Gasteiger partial charge >= 0.3 is 0 Å². The second-order valence-electron chi connectivity index (χ2n) is 26.4. The first kappa shape index (κ1) is 56.4. The van der Waals surface area contributed by atoms with E-state index in [4.69, 9.17) is 9.97 Å². The van der Waals surface area contributed by atoms with Gasteiger partial charge in [0.2, 0.25) is 0 Å². The number of rotatable bonds is 11. The van der Waals surface area contributed by atoms with Gasteiger partial charge in [0.1, 0.15) is 0 Å². The lowest BCUT2D eigenvalue weighted by Crippen LogP contribution is -2.59. The van der Waals surface area contributed by atoms with Crippen LogP contribution >= 0.6 is 0 Å². The Morgan fingerprint density at radius 1 is 0.202 bits per heavy atom. The van der Waals surface area contributed by atoms with E-state index in [1.54, 1.807) is 0 Å². The van der Waals surface area contributed by atoms with Crippen LogP contribution in [-0.4, -0.2) is 25.8 Å². The molecule has 5 heteroatoms. The molecule has 0 aliphatic carbocycles. The standard InChI is InChI=1S/C94H59BN4/c1-9-25-60(26-10-1)68-41-43-87-79(51-68)81-53-74(66-37-21-7-22-38-66)55-83-92(81)98(87)89-57-77(58-90-91(89)95(83)84-56-75(67-39-23-8-24-40-67)54-82-80-52-69(61-27-11-2-12-28-61)42-44-88(80)99(90)93(82)84)86-59-85(76-47-70(62-29-13-3-14-30-62)45-71(48-76)63-31-15-4-16-32-63)96-94(97-86)78-49-72(64-33-17-5-18-34-64)46-73(50-78)65-35-19-6-20-36-65/h1-59H. The van der Waals surface area contributed by atoms with Crippen molar-refractivity contribution in [2.75, 3.05) is 0 Å². The number of benzene rings is 15. The summed E-state index contributed by atoms with van der Waals surface area (Å²) >= 11 is 0. The van der Waals surface area contributed by atoms with Gasteiger partial charge in [-0.05, 0) is 196 Å². The summed E-state index contributed by atoms with van der Waals surface area (Å²) in [5, 5.41) is 4.85. The molecule has 0 radical (unpaired) electrons. The van der Waals surface area contributed by atoms with Crippen molar-refractivity contribution in [3.63, 3.8) is 0 Å². The van der Waals surface area contributed by atoms with Crippen LogP contribution in [0.15, 0.2) is 358 Å². The third-order valence-corrected chi connectivity index (χ3v) is 20.6. The maximum atomic E-state index is 5.93. The van der Waals surface area contributed by atoms with Crippen LogP contribution < -0.4 is 16.4 Å². The van der Waals surface area contributed by atoms with Gasteiger partial charge in [0.25, 0.3) is 6.71 Å². The van der Waals surface area contributed by atoms with Crippen LogP contribution in [0.1, 0.15) is 0 Å². The van der Waals surface area contributed by atoms with Crippen LogP contribution in [0.5, 0.6) is 0 Å². The fourth-order valence-electron chi connectivity index (χ4n) is 16.0. The van der Waals surface area contributed by atoms with Crippen molar-refractivity contribution in [3.8, 4) is 134 Å². The number of hydrogen-bond donors (Lipinski definition) is 0. The van der Waals surface area contributed by atoms with E-state index in [1.807, 2.05) is 0 Å². The zero-order valence-electron chi connectivity index (χ0n) is 53.9. The molecule has 5 heterocycles. The molecular weight excluding hydrogens is 1200 g/mol. The number of hydrogen-bond acceptors (Lipinski definition) is 2. The fraction of sp³-hybridized carbons (Fsp3) is 0. The zero-order valence-corrected chi connectivity index (χ0v) is 53.9. The van der Waals surface area contributed by atoms with E-state index in [-0.39, 0.29) is 6.71 Å². The molecule has 0 bridgehead atoms. The highest BCUT2D eigenvalue weighted by atomic mass is 15.0.